The molecule has 0 unspecified atom stereocenters. The highest BCUT2D eigenvalue weighted by atomic mass is 16.5. The number of aryl methyl sites for hydroxylation is 1. The molecule has 0 N–H and O–H groups in total. The predicted molar refractivity (Wildman–Crippen MR) is 91.6 cm³/mol. The quantitative estimate of drug-likeness (QED) is 0.637. The summed E-state index contributed by atoms with van der Waals surface area (Å²) >= 11 is 0. The zero-order chi connectivity index (χ0) is 16.1. The maximum atomic E-state index is 5.85. The molecule has 0 amide bonds. The Balaban J connectivity index is 1.97. The second-order valence-electron chi connectivity index (χ2n) is 5.64. The molecule has 3 heteroatoms. The fourth-order valence-electron chi connectivity index (χ4n) is 2.79. The highest BCUT2D eigenvalue weighted by Crippen LogP contribution is 2.13. The summed E-state index contributed by atoms with van der Waals surface area (Å²) in [4.78, 5) is 0. The first kappa shape index (κ1) is 15.3. The summed E-state index contributed by atoms with van der Waals surface area (Å²) in [7, 11) is 0. The first-order chi connectivity index (χ1) is 11.3. The maximum Gasteiger partial charge on any atom is 0.393 e. The predicted octanol–water partition coefficient (Wildman–Crippen LogP) is 3.58. The Morgan fingerprint density at radius 2 is 1.52 bits per heavy atom. The fourth-order valence-corrected chi connectivity index (χ4v) is 2.79. The first-order valence-corrected chi connectivity index (χ1v) is 8.09. The van der Waals surface area contributed by atoms with Crippen molar-refractivity contribution in [2.75, 3.05) is 6.61 Å². The molecule has 0 aliphatic heterocycles. The molecule has 0 bridgehead atoms. The van der Waals surface area contributed by atoms with Crippen LogP contribution in [0.5, 0.6) is 5.88 Å². The van der Waals surface area contributed by atoms with Crippen LogP contribution in [0.25, 0.3) is 0 Å². The van der Waals surface area contributed by atoms with Crippen molar-refractivity contribution in [2.24, 2.45) is 0 Å². The van der Waals surface area contributed by atoms with Crippen LogP contribution in [0.1, 0.15) is 23.7 Å². The van der Waals surface area contributed by atoms with E-state index in [0.717, 1.165) is 19.0 Å². The van der Waals surface area contributed by atoms with E-state index in [4.69, 9.17) is 4.74 Å². The molecule has 3 rings (SSSR count). The summed E-state index contributed by atoms with van der Waals surface area (Å²) in [6.07, 6.45) is 0. The van der Waals surface area contributed by atoms with Crippen LogP contribution in [0, 0.1) is 6.92 Å². The van der Waals surface area contributed by atoms with E-state index in [-0.39, 0.29) is 0 Å². The Morgan fingerprint density at radius 3 is 2.13 bits per heavy atom. The van der Waals surface area contributed by atoms with Crippen molar-refractivity contribution in [1.29, 1.82) is 0 Å². The Kier molecular flexibility index (Phi) is 4.77. The van der Waals surface area contributed by atoms with E-state index in [1.807, 2.05) is 13.0 Å². The monoisotopic (exact) mass is 307 g/mol. The first-order valence-electron chi connectivity index (χ1n) is 8.09. The van der Waals surface area contributed by atoms with Gasteiger partial charge in [-0.3, -0.25) is 0 Å². The summed E-state index contributed by atoms with van der Waals surface area (Å²) < 4.78 is 10.4. The topological polar surface area (TPSA) is 18.0 Å². The minimum absolute atomic E-state index is 0.670. The molecule has 0 spiro atoms. The van der Waals surface area contributed by atoms with Crippen molar-refractivity contribution < 1.29 is 9.42 Å². The van der Waals surface area contributed by atoms with E-state index in [2.05, 4.69) is 77.0 Å². The molecule has 1 aromatic heterocycles. The van der Waals surface area contributed by atoms with Gasteiger partial charge in [0.1, 0.15) is 6.54 Å². The smallest absolute Gasteiger partial charge is 0.393 e. The lowest BCUT2D eigenvalue weighted by Gasteiger charge is -2.07. The number of rotatable bonds is 6. The molecule has 118 valence electrons. The van der Waals surface area contributed by atoms with E-state index < -0.39 is 0 Å². The van der Waals surface area contributed by atoms with Crippen LogP contribution in [-0.4, -0.2) is 11.3 Å². The molecule has 1 heterocycles. The Hall–Kier alpha value is -2.55. The van der Waals surface area contributed by atoms with E-state index >= 15 is 0 Å². The molecule has 3 nitrogen and oxygen atoms in total. The molecule has 0 fully saturated rings. The van der Waals surface area contributed by atoms with Gasteiger partial charge in [-0.15, -0.1) is 0 Å². The van der Waals surface area contributed by atoms with Gasteiger partial charge in [-0.05, 0) is 19.4 Å². The third-order valence-corrected chi connectivity index (χ3v) is 3.93. The van der Waals surface area contributed by atoms with Crippen molar-refractivity contribution in [3.63, 3.8) is 0 Å². The van der Waals surface area contributed by atoms with Gasteiger partial charge in [0.05, 0.1) is 18.4 Å². The van der Waals surface area contributed by atoms with Gasteiger partial charge in [-0.2, -0.15) is 4.68 Å². The molecule has 0 saturated carbocycles. The van der Waals surface area contributed by atoms with Gasteiger partial charge in [-0.25, -0.2) is 0 Å². The Labute approximate surface area is 137 Å². The lowest BCUT2D eigenvalue weighted by Crippen LogP contribution is -2.45. The van der Waals surface area contributed by atoms with Crippen LogP contribution in [0.3, 0.4) is 0 Å². The van der Waals surface area contributed by atoms with Crippen LogP contribution in [0.15, 0.2) is 66.7 Å². The molecule has 0 aliphatic rings. The molecule has 3 aromatic rings. The van der Waals surface area contributed by atoms with Crippen LogP contribution < -0.4 is 9.42 Å². The molecule has 23 heavy (non-hydrogen) atoms. The zero-order valence-corrected chi connectivity index (χ0v) is 13.8. The SMILES string of the molecule is CCOc1cc(C)n(Cc2ccccc2)[n+]1Cc1ccccc1. The van der Waals surface area contributed by atoms with E-state index in [1.54, 1.807) is 0 Å². The van der Waals surface area contributed by atoms with Gasteiger partial charge in [0.15, 0.2) is 0 Å². The normalized spacial score (nSPS) is 10.7. The molecule has 0 saturated heterocycles. The molecular formula is C20H23N2O+. The number of nitrogens with zero attached hydrogens (tertiary/aromatic N) is 2. The van der Waals surface area contributed by atoms with Gasteiger partial charge < -0.3 is 4.74 Å². The van der Waals surface area contributed by atoms with E-state index in [9.17, 15) is 0 Å². The van der Waals surface area contributed by atoms with Crippen molar-refractivity contribution in [3.8, 4) is 5.88 Å². The van der Waals surface area contributed by atoms with Crippen LogP contribution >= 0.6 is 0 Å². The summed E-state index contributed by atoms with van der Waals surface area (Å²) in [5.41, 5.74) is 3.76. The van der Waals surface area contributed by atoms with Gasteiger partial charge >= 0.3 is 5.88 Å². The summed E-state index contributed by atoms with van der Waals surface area (Å²) in [5.74, 6) is 0.921. The van der Waals surface area contributed by atoms with Crippen molar-refractivity contribution in [2.45, 2.75) is 26.9 Å². The largest absolute Gasteiger partial charge is 0.443 e. The number of benzene rings is 2. The summed E-state index contributed by atoms with van der Waals surface area (Å²) in [6, 6.07) is 23.2. The molecule has 0 radical (unpaired) electrons. The number of hydrogen-bond acceptors (Lipinski definition) is 1. The zero-order valence-electron chi connectivity index (χ0n) is 13.8. The molecule has 0 aliphatic carbocycles. The third kappa shape index (κ3) is 3.62. The Morgan fingerprint density at radius 1 is 0.913 bits per heavy atom. The highest BCUT2D eigenvalue weighted by molar-refractivity contribution is 5.17. The third-order valence-electron chi connectivity index (χ3n) is 3.93. The number of aromatic nitrogens is 2. The summed E-state index contributed by atoms with van der Waals surface area (Å²) in [6.45, 7) is 6.47. The lowest BCUT2D eigenvalue weighted by molar-refractivity contribution is -0.771. The lowest BCUT2D eigenvalue weighted by atomic mass is 10.2. The standard InChI is InChI=1S/C20H23N2O/c1-3-23-20-14-17(2)21(15-18-10-6-4-7-11-18)22(20)16-19-12-8-5-9-13-19/h4-14H,3,15-16H2,1-2H3/q+1. The van der Waals surface area contributed by atoms with Gasteiger partial charge in [0.2, 0.25) is 6.54 Å². The number of ether oxygens (including phenoxy) is 1. The van der Waals surface area contributed by atoms with Crippen molar-refractivity contribution in [1.82, 2.24) is 4.68 Å². The number of hydrogen-bond donors (Lipinski definition) is 0. The second kappa shape index (κ2) is 7.14. The fraction of sp³-hybridized carbons (Fsp3) is 0.250. The van der Waals surface area contributed by atoms with Crippen LogP contribution in [0.2, 0.25) is 0 Å². The van der Waals surface area contributed by atoms with Crippen LogP contribution in [0.4, 0.5) is 0 Å². The highest BCUT2D eigenvalue weighted by Gasteiger charge is 2.22. The minimum Gasteiger partial charge on any atom is -0.443 e. The average molecular weight is 307 g/mol. The van der Waals surface area contributed by atoms with Gasteiger partial charge in [0, 0.05) is 5.56 Å². The molecule has 2 aromatic carbocycles. The Bertz CT molecular complexity index is 748. The van der Waals surface area contributed by atoms with E-state index in [1.165, 1.54) is 16.8 Å². The second-order valence-corrected chi connectivity index (χ2v) is 5.64. The van der Waals surface area contributed by atoms with Crippen LogP contribution in [-0.2, 0) is 13.1 Å². The van der Waals surface area contributed by atoms with Crippen molar-refractivity contribution >= 4 is 0 Å². The van der Waals surface area contributed by atoms with Gasteiger partial charge in [0.25, 0.3) is 0 Å². The molecular weight excluding hydrogens is 284 g/mol. The minimum atomic E-state index is 0.670. The summed E-state index contributed by atoms with van der Waals surface area (Å²) in [5, 5.41) is 0. The van der Waals surface area contributed by atoms with Gasteiger partial charge in [-0.1, -0.05) is 65.3 Å². The van der Waals surface area contributed by atoms with E-state index in [0.29, 0.717) is 6.61 Å². The average Bonchev–Trinajstić information content (AvgIpc) is 2.86. The van der Waals surface area contributed by atoms with Crippen molar-refractivity contribution in [3.05, 3.63) is 83.6 Å². The maximum absolute atomic E-state index is 5.85. The molecule has 0 atom stereocenters.